The maximum Gasteiger partial charge on any atom is 0.255 e. The molecule has 1 N–H and O–H groups in total. The van der Waals surface area contributed by atoms with Gasteiger partial charge in [0.1, 0.15) is 18.1 Å². The Morgan fingerprint density at radius 2 is 1.70 bits per heavy atom. The van der Waals surface area contributed by atoms with Crippen LogP contribution in [0, 0.1) is 0 Å². The molecule has 6 nitrogen and oxygen atoms in total. The number of nitrogens with zero attached hydrogens (tertiary/aromatic N) is 1. The molecule has 2 aliphatic rings. The second kappa shape index (κ2) is 10.5. The van der Waals surface area contributed by atoms with Gasteiger partial charge in [-0.3, -0.25) is 9.69 Å². The molecule has 0 aromatic heterocycles. The van der Waals surface area contributed by atoms with E-state index in [0.29, 0.717) is 17.9 Å². The first-order valence-electron chi connectivity index (χ1n) is 10.9. The summed E-state index contributed by atoms with van der Waals surface area (Å²) in [5.74, 6) is 1.38. The second-order valence-electron chi connectivity index (χ2n) is 7.81. The Morgan fingerprint density at radius 1 is 0.967 bits per heavy atom. The zero-order valence-corrected chi connectivity index (χ0v) is 17.3. The van der Waals surface area contributed by atoms with Gasteiger partial charge < -0.3 is 19.5 Å². The van der Waals surface area contributed by atoms with Crippen molar-refractivity contribution in [2.75, 3.05) is 38.2 Å². The normalized spacial score (nSPS) is 19.4. The molecule has 6 heteroatoms. The molecule has 0 saturated carbocycles. The maximum absolute atomic E-state index is 12.5. The zero-order valence-electron chi connectivity index (χ0n) is 17.3. The first kappa shape index (κ1) is 20.7. The molecular weight excluding hydrogens is 380 g/mol. The topological polar surface area (TPSA) is 60.0 Å². The molecule has 0 bridgehead atoms. The molecular formula is C24H30N2O4. The standard InChI is InChI=1S/C24H30N2O4/c27-24(19-6-10-22(11-7-19)30-23-5-1-4-17-29-23)25-20-8-12-21(13-9-20)28-18-16-26-14-2-3-15-26/h6-13,23H,1-5,14-18H2,(H,25,27). The van der Waals surface area contributed by atoms with E-state index in [1.54, 1.807) is 12.1 Å². The minimum atomic E-state index is -0.186. The van der Waals surface area contributed by atoms with E-state index in [9.17, 15) is 4.79 Å². The lowest BCUT2D eigenvalue weighted by Crippen LogP contribution is -2.25. The molecule has 1 atom stereocenters. The van der Waals surface area contributed by atoms with E-state index in [0.717, 1.165) is 43.9 Å². The molecule has 2 aliphatic heterocycles. The average molecular weight is 411 g/mol. The van der Waals surface area contributed by atoms with Crippen molar-refractivity contribution in [1.82, 2.24) is 4.90 Å². The van der Waals surface area contributed by atoms with Crippen molar-refractivity contribution in [2.24, 2.45) is 0 Å². The molecule has 1 unspecified atom stereocenters. The summed E-state index contributed by atoms with van der Waals surface area (Å²) in [4.78, 5) is 14.9. The Bertz CT molecular complexity index is 795. The molecule has 1 amide bonds. The van der Waals surface area contributed by atoms with Crippen LogP contribution >= 0.6 is 0 Å². The molecule has 2 aromatic carbocycles. The zero-order chi connectivity index (χ0) is 20.6. The van der Waals surface area contributed by atoms with Gasteiger partial charge in [0.15, 0.2) is 6.29 Å². The van der Waals surface area contributed by atoms with Crippen molar-refractivity contribution in [3.05, 3.63) is 54.1 Å². The number of nitrogens with one attached hydrogen (secondary N) is 1. The van der Waals surface area contributed by atoms with E-state index in [-0.39, 0.29) is 12.2 Å². The highest BCUT2D eigenvalue weighted by Crippen LogP contribution is 2.21. The molecule has 2 heterocycles. The van der Waals surface area contributed by atoms with Crippen molar-refractivity contribution in [3.8, 4) is 11.5 Å². The van der Waals surface area contributed by atoms with Gasteiger partial charge in [0.25, 0.3) is 5.91 Å². The molecule has 0 spiro atoms. The number of hydrogen-bond donors (Lipinski definition) is 1. The summed E-state index contributed by atoms with van der Waals surface area (Å²) >= 11 is 0. The summed E-state index contributed by atoms with van der Waals surface area (Å²) < 4.78 is 17.2. The number of likely N-dealkylation sites (tertiary alicyclic amines) is 1. The lowest BCUT2D eigenvalue weighted by Gasteiger charge is -2.23. The van der Waals surface area contributed by atoms with Gasteiger partial charge in [0, 0.05) is 24.2 Å². The minimum Gasteiger partial charge on any atom is -0.492 e. The fourth-order valence-corrected chi connectivity index (χ4v) is 3.78. The van der Waals surface area contributed by atoms with Crippen molar-refractivity contribution in [3.63, 3.8) is 0 Å². The van der Waals surface area contributed by atoms with Crippen molar-refractivity contribution < 1.29 is 19.0 Å². The van der Waals surface area contributed by atoms with Crippen LogP contribution in [0.2, 0.25) is 0 Å². The van der Waals surface area contributed by atoms with Gasteiger partial charge in [-0.2, -0.15) is 0 Å². The largest absolute Gasteiger partial charge is 0.492 e. The summed E-state index contributed by atoms with van der Waals surface area (Å²) in [6, 6.07) is 14.7. The van der Waals surface area contributed by atoms with Crippen molar-refractivity contribution in [2.45, 2.75) is 38.4 Å². The fourth-order valence-electron chi connectivity index (χ4n) is 3.78. The summed E-state index contributed by atoms with van der Waals surface area (Å²) in [5.41, 5.74) is 1.32. The van der Waals surface area contributed by atoms with Crippen LogP contribution in [0.25, 0.3) is 0 Å². The van der Waals surface area contributed by atoms with Crippen LogP contribution in [0.15, 0.2) is 48.5 Å². The van der Waals surface area contributed by atoms with Gasteiger partial charge >= 0.3 is 0 Å². The van der Waals surface area contributed by atoms with Crippen LogP contribution in [0.1, 0.15) is 42.5 Å². The van der Waals surface area contributed by atoms with Crippen LogP contribution in [-0.4, -0.2) is 49.9 Å². The third kappa shape index (κ3) is 5.97. The van der Waals surface area contributed by atoms with Gasteiger partial charge in [-0.05, 0) is 87.3 Å². The number of amides is 1. The Balaban J connectivity index is 1.23. The third-order valence-corrected chi connectivity index (χ3v) is 5.51. The molecule has 2 fully saturated rings. The summed E-state index contributed by atoms with van der Waals surface area (Å²) in [6.45, 7) is 4.75. The Kier molecular flexibility index (Phi) is 7.21. The second-order valence-corrected chi connectivity index (χ2v) is 7.81. The lowest BCUT2D eigenvalue weighted by atomic mass is 10.2. The Labute approximate surface area is 178 Å². The molecule has 4 rings (SSSR count). The van der Waals surface area contributed by atoms with E-state index in [1.807, 2.05) is 36.4 Å². The van der Waals surface area contributed by atoms with E-state index >= 15 is 0 Å². The highest BCUT2D eigenvalue weighted by Gasteiger charge is 2.15. The fraction of sp³-hybridized carbons (Fsp3) is 0.458. The quantitative estimate of drug-likeness (QED) is 0.702. The highest BCUT2D eigenvalue weighted by atomic mass is 16.7. The third-order valence-electron chi connectivity index (χ3n) is 5.51. The monoisotopic (exact) mass is 410 g/mol. The van der Waals surface area contributed by atoms with Crippen molar-refractivity contribution in [1.29, 1.82) is 0 Å². The van der Waals surface area contributed by atoms with Crippen LogP contribution in [-0.2, 0) is 4.74 Å². The van der Waals surface area contributed by atoms with Crippen LogP contribution in [0.5, 0.6) is 11.5 Å². The smallest absolute Gasteiger partial charge is 0.255 e. The highest BCUT2D eigenvalue weighted by molar-refractivity contribution is 6.04. The van der Waals surface area contributed by atoms with Crippen LogP contribution < -0.4 is 14.8 Å². The SMILES string of the molecule is O=C(Nc1ccc(OCCN2CCCC2)cc1)c1ccc(OC2CCCCO2)cc1. The van der Waals surface area contributed by atoms with Gasteiger partial charge in [-0.25, -0.2) is 0 Å². The van der Waals surface area contributed by atoms with E-state index in [4.69, 9.17) is 14.2 Å². The number of rotatable bonds is 8. The lowest BCUT2D eigenvalue weighted by molar-refractivity contribution is -0.105. The summed E-state index contributed by atoms with van der Waals surface area (Å²) in [5, 5.41) is 2.92. The number of carbonyl (C=O) groups excluding carboxylic acids is 1. The van der Waals surface area contributed by atoms with Gasteiger partial charge in [0.2, 0.25) is 0 Å². The van der Waals surface area contributed by atoms with E-state index in [2.05, 4.69) is 10.2 Å². The predicted octanol–water partition coefficient (Wildman–Crippen LogP) is 4.32. The predicted molar refractivity (Wildman–Crippen MR) is 116 cm³/mol. The molecule has 30 heavy (non-hydrogen) atoms. The van der Waals surface area contributed by atoms with Gasteiger partial charge in [-0.1, -0.05) is 0 Å². The van der Waals surface area contributed by atoms with Crippen molar-refractivity contribution >= 4 is 11.6 Å². The number of carbonyl (C=O) groups is 1. The van der Waals surface area contributed by atoms with E-state index in [1.165, 1.54) is 25.9 Å². The minimum absolute atomic E-state index is 0.154. The molecule has 0 radical (unpaired) electrons. The average Bonchev–Trinajstić information content (AvgIpc) is 3.30. The molecule has 2 aromatic rings. The van der Waals surface area contributed by atoms with E-state index < -0.39 is 0 Å². The molecule has 0 aliphatic carbocycles. The van der Waals surface area contributed by atoms with Crippen LogP contribution in [0.3, 0.4) is 0 Å². The molecule has 160 valence electrons. The number of ether oxygens (including phenoxy) is 3. The first-order valence-corrected chi connectivity index (χ1v) is 10.9. The number of hydrogen-bond acceptors (Lipinski definition) is 5. The summed E-state index contributed by atoms with van der Waals surface area (Å²) in [6.07, 6.45) is 5.51. The Morgan fingerprint density at radius 3 is 2.40 bits per heavy atom. The van der Waals surface area contributed by atoms with Gasteiger partial charge in [0.05, 0.1) is 6.61 Å². The van der Waals surface area contributed by atoms with Crippen LogP contribution in [0.4, 0.5) is 5.69 Å². The maximum atomic E-state index is 12.5. The summed E-state index contributed by atoms with van der Waals surface area (Å²) in [7, 11) is 0. The Hall–Kier alpha value is -2.57. The molecule has 2 saturated heterocycles. The first-order chi connectivity index (χ1) is 14.8. The van der Waals surface area contributed by atoms with Gasteiger partial charge in [-0.15, -0.1) is 0 Å². The number of benzene rings is 2. The number of anilines is 1.